The third kappa shape index (κ3) is 5.85. The number of rotatable bonds is 6. The van der Waals surface area contributed by atoms with Crippen molar-refractivity contribution in [1.29, 1.82) is 0 Å². The predicted molar refractivity (Wildman–Crippen MR) is 70.9 cm³/mol. The fraction of sp³-hybridized carbons (Fsp3) is 0.429. The van der Waals surface area contributed by atoms with Gasteiger partial charge < -0.3 is 9.84 Å². The van der Waals surface area contributed by atoms with Crippen LogP contribution < -0.4 is 4.74 Å². The summed E-state index contributed by atoms with van der Waals surface area (Å²) in [6, 6.07) is 1.93. The van der Waals surface area contributed by atoms with E-state index in [1.807, 2.05) is 13.8 Å². The van der Waals surface area contributed by atoms with Gasteiger partial charge >= 0.3 is 12.1 Å². The molecule has 0 aliphatic heterocycles. The van der Waals surface area contributed by atoms with Gasteiger partial charge in [0, 0.05) is 11.6 Å². The normalized spacial score (nSPS) is 12.1. The van der Waals surface area contributed by atoms with Crippen molar-refractivity contribution in [2.75, 3.05) is 6.61 Å². The number of hydrogen-bond acceptors (Lipinski definition) is 3. The van der Waals surface area contributed by atoms with Crippen LogP contribution in [0, 0.1) is 5.92 Å². The SMILES string of the molecule is CC(C)CCOc1nc(C(F)(F)F)ccc1/C=C/C(=O)O. The average molecular weight is 303 g/mol. The molecule has 1 aromatic heterocycles. The fourth-order valence-electron chi connectivity index (χ4n) is 1.40. The molecule has 0 aliphatic carbocycles. The van der Waals surface area contributed by atoms with Crippen molar-refractivity contribution in [2.45, 2.75) is 26.4 Å². The number of halogens is 3. The molecule has 0 aromatic carbocycles. The highest BCUT2D eigenvalue weighted by Crippen LogP contribution is 2.30. The molecule has 7 heteroatoms. The average Bonchev–Trinajstić information content (AvgIpc) is 2.35. The molecule has 0 atom stereocenters. The lowest BCUT2D eigenvalue weighted by molar-refractivity contribution is -0.141. The van der Waals surface area contributed by atoms with E-state index in [1.54, 1.807) is 0 Å². The number of aliphatic carboxylic acids is 1. The van der Waals surface area contributed by atoms with E-state index in [0.717, 1.165) is 24.3 Å². The van der Waals surface area contributed by atoms with Gasteiger partial charge in [-0.1, -0.05) is 13.8 Å². The quantitative estimate of drug-likeness (QED) is 0.815. The van der Waals surface area contributed by atoms with Gasteiger partial charge in [-0.2, -0.15) is 13.2 Å². The number of aromatic nitrogens is 1. The Morgan fingerprint density at radius 1 is 1.43 bits per heavy atom. The second-order valence-corrected chi connectivity index (χ2v) is 4.79. The minimum absolute atomic E-state index is 0.189. The zero-order chi connectivity index (χ0) is 16.0. The Kier molecular flexibility index (Phi) is 5.75. The molecular formula is C14H16F3NO3. The summed E-state index contributed by atoms with van der Waals surface area (Å²) in [6.07, 6.45) is -1.95. The smallest absolute Gasteiger partial charge is 0.433 e. The van der Waals surface area contributed by atoms with Crippen LogP contribution in [0.1, 0.15) is 31.5 Å². The van der Waals surface area contributed by atoms with Crippen LogP contribution in [0.4, 0.5) is 13.2 Å². The molecule has 0 bridgehead atoms. The number of pyridine rings is 1. The lowest BCUT2D eigenvalue weighted by atomic mass is 10.1. The maximum Gasteiger partial charge on any atom is 0.433 e. The van der Waals surface area contributed by atoms with Gasteiger partial charge in [-0.05, 0) is 30.5 Å². The van der Waals surface area contributed by atoms with Crippen LogP contribution in [-0.2, 0) is 11.0 Å². The summed E-state index contributed by atoms with van der Waals surface area (Å²) in [7, 11) is 0. The Labute approximate surface area is 120 Å². The Hall–Kier alpha value is -2.05. The van der Waals surface area contributed by atoms with Gasteiger partial charge in [-0.3, -0.25) is 0 Å². The second-order valence-electron chi connectivity index (χ2n) is 4.79. The van der Waals surface area contributed by atoms with Gasteiger partial charge in [-0.25, -0.2) is 9.78 Å². The molecule has 0 saturated carbocycles. The highest BCUT2D eigenvalue weighted by Gasteiger charge is 2.33. The van der Waals surface area contributed by atoms with Gasteiger partial charge in [0.15, 0.2) is 0 Å². The molecule has 0 fully saturated rings. The Morgan fingerprint density at radius 2 is 2.10 bits per heavy atom. The van der Waals surface area contributed by atoms with Crippen LogP contribution in [0.15, 0.2) is 18.2 Å². The molecule has 0 saturated heterocycles. The maximum absolute atomic E-state index is 12.6. The first-order valence-corrected chi connectivity index (χ1v) is 6.32. The van der Waals surface area contributed by atoms with Crippen LogP contribution in [0.5, 0.6) is 5.88 Å². The van der Waals surface area contributed by atoms with E-state index in [1.165, 1.54) is 0 Å². The molecule has 0 spiro atoms. The molecule has 1 rings (SSSR count). The van der Waals surface area contributed by atoms with Crippen molar-refractivity contribution in [3.8, 4) is 5.88 Å². The van der Waals surface area contributed by atoms with E-state index in [0.29, 0.717) is 12.3 Å². The Bertz CT molecular complexity index is 525. The number of hydrogen-bond donors (Lipinski definition) is 1. The zero-order valence-corrected chi connectivity index (χ0v) is 11.6. The highest BCUT2D eigenvalue weighted by molar-refractivity contribution is 5.85. The van der Waals surface area contributed by atoms with Crippen molar-refractivity contribution in [2.24, 2.45) is 5.92 Å². The molecule has 0 amide bonds. The van der Waals surface area contributed by atoms with Crippen LogP contribution >= 0.6 is 0 Å². The van der Waals surface area contributed by atoms with E-state index in [-0.39, 0.29) is 18.1 Å². The topological polar surface area (TPSA) is 59.4 Å². The van der Waals surface area contributed by atoms with Crippen molar-refractivity contribution in [3.63, 3.8) is 0 Å². The summed E-state index contributed by atoms with van der Waals surface area (Å²) in [5, 5.41) is 8.57. The number of nitrogens with zero attached hydrogens (tertiary/aromatic N) is 1. The van der Waals surface area contributed by atoms with E-state index in [9.17, 15) is 18.0 Å². The van der Waals surface area contributed by atoms with Crippen LogP contribution in [0.25, 0.3) is 6.08 Å². The van der Waals surface area contributed by atoms with Gasteiger partial charge in [0.1, 0.15) is 5.69 Å². The van der Waals surface area contributed by atoms with E-state index >= 15 is 0 Å². The second kappa shape index (κ2) is 7.10. The number of ether oxygens (including phenoxy) is 1. The molecule has 0 unspecified atom stereocenters. The molecular weight excluding hydrogens is 287 g/mol. The minimum atomic E-state index is -4.58. The van der Waals surface area contributed by atoms with E-state index < -0.39 is 17.8 Å². The summed E-state index contributed by atoms with van der Waals surface area (Å²) in [5.41, 5.74) is -0.885. The molecule has 1 heterocycles. The van der Waals surface area contributed by atoms with Crippen molar-refractivity contribution < 1.29 is 27.8 Å². The molecule has 21 heavy (non-hydrogen) atoms. The summed E-state index contributed by atoms with van der Waals surface area (Å²) in [4.78, 5) is 13.9. The largest absolute Gasteiger partial charge is 0.478 e. The Balaban J connectivity index is 3.03. The highest BCUT2D eigenvalue weighted by atomic mass is 19.4. The first-order chi connectivity index (χ1) is 9.70. The first kappa shape index (κ1) is 17.0. The number of carboxylic acids is 1. The van der Waals surface area contributed by atoms with Crippen LogP contribution in [-0.4, -0.2) is 22.7 Å². The third-order valence-electron chi connectivity index (χ3n) is 2.52. The van der Waals surface area contributed by atoms with Gasteiger partial charge in [0.25, 0.3) is 0 Å². The van der Waals surface area contributed by atoms with Crippen LogP contribution in [0.3, 0.4) is 0 Å². The number of carboxylic acid groups (broad SMARTS) is 1. The summed E-state index contributed by atoms with van der Waals surface area (Å²) >= 11 is 0. The molecule has 116 valence electrons. The van der Waals surface area contributed by atoms with E-state index in [2.05, 4.69) is 4.98 Å². The Morgan fingerprint density at radius 3 is 2.62 bits per heavy atom. The molecule has 0 radical (unpaired) electrons. The summed E-state index contributed by atoms with van der Waals surface area (Å²) in [6.45, 7) is 4.11. The summed E-state index contributed by atoms with van der Waals surface area (Å²) in [5.74, 6) is -1.10. The standard InChI is InChI=1S/C14H16F3NO3/c1-9(2)7-8-21-13-10(4-6-12(19)20)3-5-11(18-13)14(15,16)17/h3-6,9H,7-8H2,1-2H3,(H,19,20)/b6-4+. The number of alkyl halides is 3. The lowest BCUT2D eigenvalue weighted by Crippen LogP contribution is -2.11. The van der Waals surface area contributed by atoms with Gasteiger partial charge in [-0.15, -0.1) is 0 Å². The monoisotopic (exact) mass is 303 g/mol. The summed E-state index contributed by atoms with van der Waals surface area (Å²) < 4.78 is 43.2. The predicted octanol–water partition coefficient (Wildman–Crippen LogP) is 3.62. The van der Waals surface area contributed by atoms with Crippen molar-refractivity contribution in [1.82, 2.24) is 4.98 Å². The molecule has 1 aromatic rings. The number of carbonyl (C=O) groups is 1. The zero-order valence-electron chi connectivity index (χ0n) is 11.6. The molecule has 1 N–H and O–H groups in total. The minimum Gasteiger partial charge on any atom is -0.478 e. The molecule has 0 aliphatic rings. The fourth-order valence-corrected chi connectivity index (χ4v) is 1.40. The van der Waals surface area contributed by atoms with Crippen molar-refractivity contribution in [3.05, 3.63) is 29.5 Å². The van der Waals surface area contributed by atoms with Gasteiger partial charge in [0.2, 0.25) is 5.88 Å². The third-order valence-corrected chi connectivity index (χ3v) is 2.52. The maximum atomic E-state index is 12.6. The first-order valence-electron chi connectivity index (χ1n) is 6.32. The van der Waals surface area contributed by atoms with Crippen LogP contribution in [0.2, 0.25) is 0 Å². The lowest BCUT2D eigenvalue weighted by Gasteiger charge is -2.12. The van der Waals surface area contributed by atoms with Gasteiger partial charge in [0.05, 0.1) is 6.61 Å². The van der Waals surface area contributed by atoms with Crippen molar-refractivity contribution >= 4 is 12.0 Å². The van der Waals surface area contributed by atoms with E-state index in [4.69, 9.17) is 9.84 Å². The molecule has 4 nitrogen and oxygen atoms in total.